The molecule has 2 heterocycles. The zero-order valence-electron chi connectivity index (χ0n) is 12.5. The Labute approximate surface area is 122 Å². The van der Waals surface area contributed by atoms with Crippen molar-refractivity contribution in [2.45, 2.75) is 38.8 Å². The molecule has 2 aliphatic heterocycles. The lowest BCUT2D eigenvalue weighted by atomic mass is 10.0. The van der Waals surface area contributed by atoms with E-state index in [0.29, 0.717) is 12.0 Å². The lowest BCUT2D eigenvalue weighted by molar-refractivity contribution is 0.105. The van der Waals surface area contributed by atoms with Gasteiger partial charge in [-0.15, -0.1) is 0 Å². The summed E-state index contributed by atoms with van der Waals surface area (Å²) in [5, 5.41) is 3.63. The fourth-order valence-electron chi connectivity index (χ4n) is 3.36. The number of hydrogen-bond acceptors (Lipinski definition) is 3. The first kappa shape index (κ1) is 13.9. The first-order valence-corrected chi connectivity index (χ1v) is 8.00. The van der Waals surface area contributed by atoms with Crippen LogP contribution < -0.4 is 10.2 Å². The van der Waals surface area contributed by atoms with Crippen LogP contribution in [-0.2, 0) is 11.3 Å². The number of anilines is 1. The molecule has 2 atom stereocenters. The number of nitrogens with one attached hydrogen (secondary N) is 1. The number of para-hydroxylation sites is 1. The van der Waals surface area contributed by atoms with Crippen LogP contribution in [0.25, 0.3) is 0 Å². The molecule has 0 saturated carbocycles. The van der Waals surface area contributed by atoms with E-state index in [1.165, 1.54) is 43.6 Å². The first-order chi connectivity index (χ1) is 9.84. The lowest BCUT2D eigenvalue weighted by Gasteiger charge is -2.22. The summed E-state index contributed by atoms with van der Waals surface area (Å²) in [4.78, 5) is 2.53. The summed E-state index contributed by atoms with van der Waals surface area (Å²) in [5.41, 5.74) is 2.86. The molecule has 0 aromatic heterocycles. The third kappa shape index (κ3) is 3.15. The molecule has 3 nitrogen and oxygen atoms in total. The Bertz CT molecular complexity index is 429. The Morgan fingerprint density at radius 3 is 2.80 bits per heavy atom. The summed E-state index contributed by atoms with van der Waals surface area (Å²) in [6, 6.07) is 8.83. The molecule has 110 valence electrons. The highest BCUT2D eigenvalue weighted by Gasteiger charge is 2.23. The predicted octanol–water partition coefficient (Wildman–Crippen LogP) is 2.80. The van der Waals surface area contributed by atoms with Crippen molar-refractivity contribution in [3.8, 4) is 0 Å². The van der Waals surface area contributed by atoms with Crippen molar-refractivity contribution in [1.82, 2.24) is 5.32 Å². The van der Waals surface area contributed by atoms with Gasteiger partial charge in [-0.25, -0.2) is 0 Å². The van der Waals surface area contributed by atoms with Crippen LogP contribution in [0.15, 0.2) is 24.3 Å². The van der Waals surface area contributed by atoms with Crippen molar-refractivity contribution in [2.24, 2.45) is 5.92 Å². The highest BCUT2D eigenvalue weighted by atomic mass is 16.5. The SMILES string of the molecule is CC1OCCC1CNCc1ccccc1N1CCCC1. The Morgan fingerprint density at radius 1 is 1.25 bits per heavy atom. The van der Waals surface area contributed by atoms with Crippen LogP contribution in [0.4, 0.5) is 5.69 Å². The highest BCUT2D eigenvalue weighted by molar-refractivity contribution is 5.54. The minimum Gasteiger partial charge on any atom is -0.378 e. The molecule has 1 aromatic carbocycles. The zero-order chi connectivity index (χ0) is 13.8. The number of nitrogens with zero attached hydrogens (tertiary/aromatic N) is 1. The molecule has 2 aliphatic rings. The minimum atomic E-state index is 0.413. The summed E-state index contributed by atoms with van der Waals surface area (Å²) in [6.07, 6.45) is 4.27. The van der Waals surface area contributed by atoms with E-state index in [2.05, 4.69) is 41.4 Å². The molecule has 0 amide bonds. The topological polar surface area (TPSA) is 24.5 Å². The van der Waals surface area contributed by atoms with Gasteiger partial charge in [0.1, 0.15) is 0 Å². The second-order valence-corrected chi connectivity index (χ2v) is 6.08. The molecular formula is C17H26N2O. The maximum absolute atomic E-state index is 5.62. The molecule has 1 aromatic rings. The quantitative estimate of drug-likeness (QED) is 0.893. The molecule has 2 saturated heterocycles. The normalized spacial score (nSPS) is 26.4. The van der Waals surface area contributed by atoms with Gasteiger partial charge in [-0.2, -0.15) is 0 Å². The van der Waals surface area contributed by atoms with Gasteiger partial charge in [-0.1, -0.05) is 18.2 Å². The van der Waals surface area contributed by atoms with Crippen molar-refractivity contribution in [3.05, 3.63) is 29.8 Å². The van der Waals surface area contributed by atoms with Gasteiger partial charge in [0.2, 0.25) is 0 Å². The molecule has 0 spiro atoms. The van der Waals surface area contributed by atoms with Crippen LogP contribution in [0.2, 0.25) is 0 Å². The maximum Gasteiger partial charge on any atom is 0.0588 e. The van der Waals surface area contributed by atoms with Gasteiger partial charge < -0.3 is 15.0 Å². The molecule has 3 rings (SSSR count). The summed E-state index contributed by atoms with van der Waals surface area (Å²) in [7, 11) is 0. The third-order valence-corrected chi connectivity index (χ3v) is 4.69. The first-order valence-electron chi connectivity index (χ1n) is 8.00. The molecule has 0 radical (unpaired) electrons. The summed E-state index contributed by atoms with van der Waals surface area (Å²) in [6.45, 7) is 7.58. The van der Waals surface area contributed by atoms with Crippen LogP contribution in [0.5, 0.6) is 0 Å². The molecule has 20 heavy (non-hydrogen) atoms. The van der Waals surface area contributed by atoms with Crippen molar-refractivity contribution in [1.29, 1.82) is 0 Å². The minimum absolute atomic E-state index is 0.413. The fraction of sp³-hybridized carbons (Fsp3) is 0.647. The average Bonchev–Trinajstić information content (AvgIpc) is 3.12. The maximum atomic E-state index is 5.62. The van der Waals surface area contributed by atoms with Crippen molar-refractivity contribution >= 4 is 5.69 Å². The molecule has 2 fully saturated rings. The van der Waals surface area contributed by atoms with E-state index in [1.807, 2.05) is 0 Å². The van der Waals surface area contributed by atoms with Gasteiger partial charge in [0.05, 0.1) is 6.10 Å². The van der Waals surface area contributed by atoms with Gasteiger partial charge >= 0.3 is 0 Å². The van der Waals surface area contributed by atoms with Gasteiger partial charge in [0.15, 0.2) is 0 Å². The van der Waals surface area contributed by atoms with E-state index in [9.17, 15) is 0 Å². The monoisotopic (exact) mass is 274 g/mol. The van der Waals surface area contributed by atoms with Crippen molar-refractivity contribution < 1.29 is 4.74 Å². The Kier molecular flexibility index (Phi) is 4.58. The molecule has 0 bridgehead atoms. The summed E-state index contributed by atoms with van der Waals surface area (Å²) >= 11 is 0. The summed E-state index contributed by atoms with van der Waals surface area (Å²) in [5.74, 6) is 0.675. The van der Waals surface area contributed by atoms with Crippen molar-refractivity contribution in [3.63, 3.8) is 0 Å². The van der Waals surface area contributed by atoms with Gasteiger partial charge in [0, 0.05) is 38.5 Å². The predicted molar refractivity (Wildman–Crippen MR) is 83.1 cm³/mol. The standard InChI is InChI=1S/C17H26N2O/c1-14-15(8-11-20-14)12-18-13-16-6-2-3-7-17(16)19-9-4-5-10-19/h2-3,6-7,14-15,18H,4-5,8-13H2,1H3. The second-order valence-electron chi connectivity index (χ2n) is 6.08. The van der Waals surface area contributed by atoms with Crippen LogP contribution in [0.1, 0.15) is 31.7 Å². The largest absolute Gasteiger partial charge is 0.378 e. The number of hydrogen-bond donors (Lipinski definition) is 1. The van der Waals surface area contributed by atoms with E-state index in [-0.39, 0.29) is 0 Å². The Hall–Kier alpha value is -1.06. The van der Waals surface area contributed by atoms with Gasteiger partial charge in [-0.3, -0.25) is 0 Å². The highest BCUT2D eigenvalue weighted by Crippen LogP contribution is 2.25. The molecule has 0 aliphatic carbocycles. The van der Waals surface area contributed by atoms with E-state index >= 15 is 0 Å². The van der Waals surface area contributed by atoms with E-state index < -0.39 is 0 Å². The average molecular weight is 274 g/mol. The molecule has 2 unspecified atom stereocenters. The van der Waals surface area contributed by atoms with E-state index in [0.717, 1.165) is 19.7 Å². The molecule has 3 heteroatoms. The third-order valence-electron chi connectivity index (χ3n) is 4.69. The van der Waals surface area contributed by atoms with E-state index in [1.54, 1.807) is 0 Å². The Morgan fingerprint density at radius 2 is 2.05 bits per heavy atom. The number of rotatable bonds is 5. The number of ether oxygens (including phenoxy) is 1. The fourth-order valence-corrected chi connectivity index (χ4v) is 3.36. The number of benzene rings is 1. The second kappa shape index (κ2) is 6.59. The van der Waals surface area contributed by atoms with E-state index in [4.69, 9.17) is 4.74 Å². The molecule has 1 N–H and O–H groups in total. The smallest absolute Gasteiger partial charge is 0.0588 e. The van der Waals surface area contributed by atoms with Crippen LogP contribution in [0, 0.1) is 5.92 Å². The van der Waals surface area contributed by atoms with Gasteiger partial charge in [0.25, 0.3) is 0 Å². The van der Waals surface area contributed by atoms with Crippen LogP contribution in [0.3, 0.4) is 0 Å². The van der Waals surface area contributed by atoms with Crippen LogP contribution in [-0.4, -0.2) is 32.3 Å². The summed E-state index contributed by atoms with van der Waals surface area (Å²) < 4.78 is 5.62. The van der Waals surface area contributed by atoms with Crippen molar-refractivity contribution in [2.75, 3.05) is 31.1 Å². The zero-order valence-corrected chi connectivity index (χ0v) is 12.5. The Balaban J connectivity index is 1.56. The lowest BCUT2D eigenvalue weighted by Crippen LogP contribution is -2.27. The van der Waals surface area contributed by atoms with Gasteiger partial charge in [-0.05, 0) is 43.7 Å². The van der Waals surface area contributed by atoms with Crippen LogP contribution >= 0.6 is 0 Å². The molecular weight excluding hydrogens is 248 g/mol.